The van der Waals surface area contributed by atoms with Gasteiger partial charge in [-0.25, -0.2) is 4.79 Å². The van der Waals surface area contributed by atoms with Gasteiger partial charge in [-0.05, 0) is 60.1 Å². The molecule has 1 saturated carbocycles. The van der Waals surface area contributed by atoms with Gasteiger partial charge in [-0.1, -0.05) is 76.1 Å². The molecular weight excluding hydrogens is 474 g/mol. The van der Waals surface area contributed by atoms with Crippen LogP contribution in [-0.2, 0) is 19.5 Å². The summed E-state index contributed by atoms with van der Waals surface area (Å²) in [6, 6.07) is 10.4. The number of pyridine rings is 1. The highest BCUT2D eigenvalue weighted by atomic mass is 16.1. The van der Waals surface area contributed by atoms with Crippen molar-refractivity contribution in [3.63, 3.8) is 0 Å². The molecule has 8 heteroatoms. The lowest BCUT2D eigenvalue weighted by atomic mass is 9.87. The van der Waals surface area contributed by atoms with E-state index in [0.29, 0.717) is 12.4 Å². The summed E-state index contributed by atoms with van der Waals surface area (Å²) < 4.78 is 4.08. The lowest BCUT2D eigenvalue weighted by Crippen LogP contribution is -2.27. The van der Waals surface area contributed by atoms with Gasteiger partial charge in [-0.2, -0.15) is 5.21 Å². The maximum absolute atomic E-state index is 13.7. The number of benzene rings is 1. The summed E-state index contributed by atoms with van der Waals surface area (Å²) in [6.45, 7) is 5.80. The molecule has 38 heavy (non-hydrogen) atoms. The fourth-order valence-electron chi connectivity index (χ4n) is 5.90. The van der Waals surface area contributed by atoms with Gasteiger partial charge in [0.25, 0.3) is 0 Å². The van der Waals surface area contributed by atoms with E-state index in [4.69, 9.17) is 0 Å². The number of aromatic amines is 1. The molecule has 1 N–H and O–H groups in total. The van der Waals surface area contributed by atoms with E-state index in [1.807, 2.05) is 10.6 Å². The Kier molecular flexibility index (Phi) is 8.46. The average Bonchev–Trinajstić information content (AvgIpc) is 3.57. The number of imidazole rings is 1. The van der Waals surface area contributed by atoms with E-state index in [1.54, 1.807) is 12.4 Å². The Balaban J connectivity index is 1.39. The molecule has 200 valence electrons. The first-order valence-corrected chi connectivity index (χ1v) is 14.2. The Labute approximate surface area is 224 Å². The summed E-state index contributed by atoms with van der Waals surface area (Å²) in [6.07, 6.45) is 15.8. The van der Waals surface area contributed by atoms with Crippen molar-refractivity contribution in [1.29, 1.82) is 0 Å². The number of nitrogens with one attached hydrogen (secondary N) is 1. The zero-order valence-corrected chi connectivity index (χ0v) is 22.7. The molecule has 0 spiro atoms. The Morgan fingerprint density at radius 2 is 1.82 bits per heavy atom. The highest BCUT2D eigenvalue weighted by Gasteiger charge is 2.19. The van der Waals surface area contributed by atoms with Gasteiger partial charge in [-0.15, -0.1) is 10.2 Å². The van der Waals surface area contributed by atoms with E-state index in [0.717, 1.165) is 59.7 Å². The third kappa shape index (κ3) is 5.79. The summed E-state index contributed by atoms with van der Waals surface area (Å²) in [5.74, 6) is 1.28. The molecule has 0 atom stereocenters. The molecule has 0 amide bonds. The van der Waals surface area contributed by atoms with Crippen molar-refractivity contribution in [2.45, 2.75) is 91.1 Å². The zero-order chi connectivity index (χ0) is 26.3. The van der Waals surface area contributed by atoms with Crippen LogP contribution in [-0.4, -0.2) is 34.7 Å². The van der Waals surface area contributed by atoms with Crippen LogP contribution in [0.3, 0.4) is 0 Å². The molecule has 8 nitrogen and oxygen atoms in total. The molecule has 0 bridgehead atoms. The zero-order valence-electron chi connectivity index (χ0n) is 22.7. The summed E-state index contributed by atoms with van der Waals surface area (Å²) in [5, 5.41) is 14.4. The normalized spacial score (nSPS) is 14.3. The smallest absolute Gasteiger partial charge is 0.296 e. The van der Waals surface area contributed by atoms with Crippen molar-refractivity contribution >= 4 is 0 Å². The van der Waals surface area contributed by atoms with Crippen LogP contribution in [0.5, 0.6) is 0 Å². The first-order chi connectivity index (χ1) is 18.7. The van der Waals surface area contributed by atoms with Crippen molar-refractivity contribution in [1.82, 2.24) is 34.7 Å². The highest BCUT2D eigenvalue weighted by molar-refractivity contribution is 5.79. The number of nitrogens with zero attached hydrogens (tertiary/aromatic N) is 6. The fraction of sp³-hybridized carbons (Fsp3) is 0.500. The summed E-state index contributed by atoms with van der Waals surface area (Å²) >= 11 is 0. The average molecular weight is 514 g/mol. The highest BCUT2D eigenvalue weighted by Crippen LogP contribution is 2.29. The third-order valence-corrected chi connectivity index (χ3v) is 8.13. The maximum Gasteiger partial charge on any atom is 0.328 e. The van der Waals surface area contributed by atoms with Gasteiger partial charge in [0, 0.05) is 35.9 Å². The molecule has 0 radical (unpaired) electrons. The largest absolute Gasteiger partial charge is 0.328 e. The lowest BCUT2D eigenvalue weighted by Gasteiger charge is -2.21. The quantitative estimate of drug-likeness (QED) is 0.250. The Bertz CT molecular complexity index is 1360. The summed E-state index contributed by atoms with van der Waals surface area (Å²) in [4.78, 5) is 17.9. The predicted octanol–water partition coefficient (Wildman–Crippen LogP) is 5.95. The van der Waals surface area contributed by atoms with E-state index >= 15 is 0 Å². The fourth-order valence-corrected chi connectivity index (χ4v) is 5.90. The van der Waals surface area contributed by atoms with Gasteiger partial charge < -0.3 is 0 Å². The van der Waals surface area contributed by atoms with Crippen LogP contribution in [0, 0.1) is 12.8 Å². The molecule has 4 aromatic rings. The minimum atomic E-state index is 0.141. The third-order valence-electron chi connectivity index (χ3n) is 8.13. The Morgan fingerprint density at radius 3 is 2.55 bits per heavy atom. The molecule has 1 aromatic carbocycles. The van der Waals surface area contributed by atoms with E-state index in [9.17, 15) is 4.79 Å². The first kappa shape index (κ1) is 26.1. The van der Waals surface area contributed by atoms with Gasteiger partial charge in [0.05, 0.1) is 6.54 Å². The van der Waals surface area contributed by atoms with Crippen molar-refractivity contribution in [2.75, 3.05) is 0 Å². The molecule has 0 saturated heterocycles. The summed E-state index contributed by atoms with van der Waals surface area (Å²) in [7, 11) is 0. The van der Waals surface area contributed by atoms with Crippen molar-refractivity contribution in [3.8, 4) is 22.5 Å². The van der Waals surface area contributed by atoms with Gasteiger partial charge >= 0.3 is 5.69 Å². The van der Waals surface area contributed by atoms with Crippen molar-refractivity contribution < 1.29 is 0 Å². The van der Waals surface area contributed by atoms with E-state index < -0.39 is 0 Å². The van der Waals surface area contributed by atoms with Crippen LogP contribution in [0.15, 0.2) is 47.5 Å². The first-order valence-electron chi connectivity index (χ1n) is 14.2. The number of hydrogen-bond donors (Lipinski definition) is 1. The van der Waals surface area contributed by atoms with E-state index in [-0.39, 0.29) is 5.69 Å². The number of aromatic nitrogens is 7. The molecule has 1 aliphatic rings. The number of tetrazole rings is 1. The van der Waals surface area contributed by atoms with Crippen LogP contribution in [0.2, 0.25) is 0 Å². The summed E-state index contributed by atoms with van der Waals surface area (Å²) in [5.41, 5.74) is 6.48. The second-order valence-electron chi connectivity index (χ2n) is 10.7. The standard InChI is InChI=1S/C30H39N7O/c1-3-4-6-11-28-22(2)36(19-17-23-9-7-5-8-10-23)30(38)37(28)21-24-12-14-25(15-13-24)26-16-18-31-20-27(26)29-32-34-35-33-29/h12-16,18,20,23H,3-11,17,19,21H2,1-2H3,(H,32,33,34,35). The molecule has 3 aromatic heterocycles. The second-order valence-corrected chi connectivity index (χ2v) is 10.7. The number of rotatable bonds is 11. The number of unbranched alkanes of at least 4 members (excludes halogenated alkanes) is 2. The molecular formula is C30H39N7O. The number of H-pyrrole nitrogens is 1. The van der Waals surface area contributed by atoms with E-state index in [1.165, 1.54) is 50.6 Å². The van der Waals surface area contributed by atoms with Crippen molar-refractivity contribution in [3.05, 3.63) is 70.2 Å². The lowest BCUT2D eigenvalue weighted by molar-refractivity contribution is 0.321. The number of hydrogen-bond acceptors (Lipinski definition) is 5. The van der Waals surface area contributed by atoms with Crippen LogP contribution in [0.1, 0.15) is 81.7 Å². The van der Waals surface area contributed by atoms with Gasteiger partial charge in [0.15, 0.2) is 0 Å². The SMILES string of the molecule is CCCCCc1c(C)n(CCC2CCCCC2)c(=O)n1Cc1ccc(-c2ccncc2-c2nn[nH]n2)cc1. The van der Waals surface area contributed by atoms with Crippen LogP contribution >= 0.6 is 0 Å². The predicted molar refractivity (Wildman–Crippen MR) is 150 cm³/mol. The molecule has 0 aliphatic heterocycles. The maximum atomic E-state index is 13.7. The minimum Gasteiger partial charge on any atom is -0.296 e. The van der Waals surface area contributed by atoms with Gasteiger partial charge in [-0.3, -0.25) is 14.1 Å². The second kappa shape index (κ2) is 12.3. The minimum absolute atomic E-state index is 0.141. The molecule has 3 heterocycles. The van der Waals surface area contributed by atoms with Gasteiger partial charge in [0.1, 0.15) is 0 Å². The molecule has 0 unspecified atom stereocenters. The van der Waals surface area contributed by atoms with Gasteiger partial charge in [0.2, 0.25) is 5.82 Å². The van der Waals surface area contributed by atoms with Crippen LogP contribution in [0.4, 0.5) is 0 Å². The molecule has 1 fully saturated rings. The topological polar surface area (TPSA) is 94.3 Å². The van der Waals surface area contributed by atoms with Crippen molar-refractivity contribution in [2.24, 2.45) is 5.92 Å². The Morgan fingerprint density at radius 1 is 1.00 bits per heavy atom. The van der Waals surface area contributed by atoms with Crippen LogP contribution < -0.4 is 5.69 Å². The molecule has 5 rings (SSSR count). The molecule has 1 aliphatic carbocycles. The Hall–Kier alpha value is -3.55. The monoisotopic (exact) mass is 513 g/mol. The van der Waals surface area contributed by atoms with E-state index in [2.05, 4.69) is 68.3 Å². The van der Waals surface area contributed by atoms with Crippen LogP contribution in [0.25, 0.3) is 22.5 Å².